The molecule has 3 aliphatic rings. The average molecular weight is 629 g/mol. The van der Waals surface area contributed by atoms with Gasteiger partial charge in [0.05, 0.1) is 31.4 Å². The second-order valence-electron chi connectivity index (χ2n) is 14.5. The van der Waals surface area contributed by atoms with E-state index in [-0.39, 0.29) is 23.7 Å². The molecule has 1 amide bonds. The number of nitrogens with zero attached hydrogens (tertiary/aromatic N) is 2. The van der Waals surface area contributed by atoms with Crippen LogP contribution in [0.2, 0.25) is 0 Å². The summed E-state index contributed by atoms with van der Waals surface area (Å²) in [6.07, 6.45) is 9.69. The van der Waals surface area contributed by atoms with Crippen LogP contribution < -0.4 is 14.4 Å². The Morgan fingerprint density at radius 1 is 1.02 bits per heavy atom. The van der Waals surface area contributed by atoms with Crippen LogP contribution in [0.3, 0.4) is 0 Å². The van der Waals surface area contributed by atoms with E-state index in [0.717, 1.165) is 73.6 Å². The van der Waals surface area contributed by atoms with Gasteiger partial charge in [-0.05, 0) is 111 Å². The second-order valence-corrected chi connectivity index (χ2v) is 14.5. The molecule has 0 radical (unpaired) electrons. The lowest BCUT2D eigenvalue weighted by atomic mass is 9.77. The molecule has 1 N–H and O–H groups in total. The number of amides is 1. The van der Waals surface area contributed by atoms with Gasteiger partial charge in [-0.25, -0.2) is 0 Å². The van der Waals surface area contributed by atoms with E-state index in [1.165, 1.54) is 5.57 Å². The molecule has 2 aliphatic heterocycles. The molecule has 2 heterocycles. The number of carboxylic acid groups (broad SMARTS) is 1. The number of ether oxygens (including phenoxy) is 2. The molecule has 0 aromatic heterocycles. The van der Waals surface area contributed by atoms with Crippen molar-refractivity contribution >= 4 is 17.6 Å². The first kappa shape index (κ1) is 33.6. The summed E-state index contributed by atoms with van der Waals surface area (Å²) in [5.41, 5.74) is 4.80. The Bertz CT molecular complexity index is 1460. The van der Waals surface area contributed by atoms with Crippen LogP contribution in [0.15, 0.2) is 65.9 Å². The third-order valence-electron chi connectivity index (χ3n) is 10.5. The fraction of sp³-hybridized carbons (Fsp3) is 0.538. The molecule has 2 atom stereocenters. The van der Waals surface area contributed by atoms with E-state index in [9.17, 15) is 14.7 Å². The fourth-order valence-electron chi connectivity index (χ4n) is 6.93. The third-order valence-corrected chi connectivity index (χ3v) is 10.5. The first-order chi connectivity index (χ1) is 21.9. The number of hydrogen-bond acceptors (Lipinski definition) is 5. The molecule has 7 nitrogen and oxygen atoms in total. The minimum Gasteiger partial charge on any atom is -0.497 e. The normalized spacial score (nSPS) is 22.4. The second kappa shape index (κ2) is 14.4. The molecule has 248 valence electrons. The summed E-state index contributed by atoms with van der Waals surface area (Å²) in [6.45, 7) is 13.9. The Morgan fingerprint density at radius 2 is 1.76 bits per heavy atom. The summed E-state index contributed by atoms with van der Waals surface area (Å²) in [4.78, 5) is 30.2. The van der Waals surface area contributed by atoms with Gasteiger partial charge in [-0.3, -0.25) is 9.59 Å². The highest BCUT2D eigenvalue weighted by atomic mass is 16.5. The Kier molecular flexibility index (Phi) is 10.5. The minimum absolute atomic E-state index is 0.0270. The van der Waals surface area contributed by atoms with Crippen LogP contribution in [0.1, 0.15) is 95.0 Å². The highest BCUT2D eigenvalue weighted by Crippen LogP contribution is 2.45. The van der Waals surface area contributed by atoms with Crippen molar-refractivity contribution in [3.8, 4) is 11.5 Å². The van der Waals surface area contributed by atoms with Gasteiger partial charge in [-0.2, -0.15) is 0 Å². The molecule has 5 rings (SSSR count). The third kappa shape index (κ3) is 8.15. The quantitative estimate of drug-likeness (QED) is 0.285. The zero-order valence-electron chi connectivity index (χ0n) is 28.6. The van der Waals surface area contributed by atoms with Gasteiger partial charge >= 0.3 is 5.97 Å². The van der Waals surface area contributed by atoms with Gasteiger partial charge in [0.2, 0.25) is 0 Å². The van der Waals surface area contributed by atoms with Gasteiger partial charge in [0, 0.05) is 31.4 Å². The van der Waals surface area contributed by atoms with E-state index in [4.69, 9.17) is 9.47 Å². The molecule has 2 aromatic carbocycles. The van der Waals surface area contributed by atoms with E-state index in [1.807, 2.05) is 54.3 Å². The topological polar surface area (TPSA) is 79.3 Å². The van der Waals surface area contributed by atoms with E-state index in [1.54, 1.807) is 7.11 Å². The van der Waals surface area contributed by atoms with Crippen molar-refractivity contribution < 1.29 is 24.2 Å². The number of allylic oxidation sites excluding steroid dienone is 4. The lowest BCUT2D eigenvalue weighted by Crippen LogP contribution is -2.41. The number of rotatable bonds is 10. The van der Waals surface area contributed by atoms with Crippen molar-refractivity contribution in [1.82, 2.24) is 4.90 Å². The summed E-state index contributed by atoms with van der Waals surface area (Å²) < 4.78 is 11.9. The monoisotopic (exact) mass is 628 g/mol. The Morgan fingerprint density at radius 3 is 2.43 bits per heavy atom. The summed E-state index contributed by atoms with van der Waals surface area (Å²) >= 11 is 0. The fourth-order valence-corrected chi connectivity index (χ4v) is 6.93. The first-order valence-corrected chi connectivity index (χ1v) is 17.0. The SMILES string of the molecule is COc1ccc(C(=O)N2CC(C)(C)C(C)C/C=C(/C)C=C2C)c(N2CCC(COc3cccc(C(CC(=O)O)C4CC4)c3)CC2)c1. The van der Waals surface area contributed by atoms with E-state index in [0.29, 0.717) is 36.5 Å². The number of carbonyl (C=O) groups excluding carboxylic acids is 1. The maximum Gasteiger partial charge on any atom is 0.303 e. The van der Waals surface area contributed by atoms with Crippen molar-refractivity contribution in [2.45, 2.75) is 79.1 Å². The predicted molar refractivity (Wildman–Crippen MR) is 184 cm³/mol. The van der Waals surface area contributed by atoms with Crippen LogP contribution in [0, 0.1) is 23.2 Å². The number of piperidine rings is 1. The van der Waals surface area contributed by atoms with Crippen LogP contribution in [0.4, 0.5) is 5.69 Å². The summed E-state index contributed by atoms with van der Waals surface area (Å²) in [5, 5.41) is 9.43. The average Bonchev–Trinajstić information content (AvgIpc) is 3.88. The standard InChI is InChI=1S/C39H52N2O5/c1-26-10-11-27(2)39(4,5)25-41(28(3)20-26)38(44)34-15-14-32(45-6)22-36(34)40-18-16-29(17-19-40)24-46-33-9-7-8-31(21-33)35(23-37(42)43)30-12-13-30/h7-10,14-15,20-22,27,29-30,35H,11-13,16-19,23-25H2,1-6H3,(H,42,43)/b26-10-,28-20?. The highest BCUT2D eigenvalue weighted by molar-refractivity contribution is 6.01. The zero-order valence-corrected chi connectivity index (χ0v) is 28.6. The summed E-state index contributed by atoms with van der Waals surface area (Å²) in [5.74, 6) is 2.18. The Balaban J connectivity index is 1.28. The molecule has 46 heavy (non-hydrogen) atoms. The molecule has 2 unspecified atom stereocenters. The van der Waals surface area contributed by atoms with Gasteiger partial charge < -0.3 is 24.4 Å². The van der Waals surface area contributed by atoms with Gasteiger partial charge in [0.1, 0.15) is 11.5 Å². The lowest BCUT2D eigenvalue weighted by molar-refractivity contribution is -0.137. The minimum atomic E-state index is -0.745. The van der Waals surface area contributed by atoms with E-state index >= 15 is 0 Å². The van der Waals surface area contributed by atoms with Crippen molar-refractivity contribution in [1.29, 1.82) is 0 Å². The van der Waals surface area contributed by atoms with Crippen molar-refractivity contribution in [3.05, 3.63) is 77.0 Å². The van der Waals surface area contributed by atoms with Crippen LogP contribution >= 0.6 is 0 Å². The molecular weight excluding hydrogens is 576 g/mol. The molecule has 0 bridgehead atoms. The smallest absolute Gasteiger partial charge is 0.303 e. The molecule has 2 aromatic rings. The number of anilines is 1. The number of hydrogen-bond donors (Lipinski definition) is 1. The van der Waals surface area contributed by atoms with E-state index in [2.05, 4.69) is 44.7 Å². The number of carbonyl (C=O) groups is 2. The first-order valence-electron chi connectivity index (χ1n) is 17.0. The van der Waals surface area contributed by atoms with Crippen LogP contribution in [0.25, 0.3) is 0 Å². The maximum absolute atomic E-state index is 14.4. The number of benzene rings is 2. The predicted octanol–water partition coefficient (Wildman–Crippen LogP) is 8.32. The van der Waals surface area contributed by atoms with E-state index < -0.39 is 5.97 Å². The van der Waals surface area contributed by atoms with Crippen molar-refractivity contribution in [2.24, 2.45) is 23.2 Å². The highest BCUT2D eigenvalue weighted by Gasteiger charge is 2.35. The summed E-state index contributed by atoms with van der Waals surface area (Å²) in [6, 6.07) is 13.9. The largest absolute Gasteiger partial charge is 0.497 e. The van der Waals surface area contributed by atoms with Crippen LogP contribution in [0.5, 0.6) is 11.5 Å². The van der Waals surface area contributed by atoms with Gasteiger partial charge in [0.25, 0.3) is 5.91 Å². The molecule has 2 fully saturated rings. The Labute approximate surface area is 275 Å². The molecule has 1 saturated carbocycles. The number of methoxy groups -OCH3 is 1. The van der Waals surface area contributed by atoms with Crippen LogP contribution in [-0.4, -0.2) is 55.2 Å². The summed E-state index contributed by atoms with van der Waals surface area (Å²) in [7, 11) is 1.67. The van der Waals surface area contributed by atoms with Crippen LogP contribution in [-0.2, 0) is 4.79 Å². The molecule has 1 saturated heterocycles. The van der Waals surface area contributed by atoms with Crippen molar-refractivity contribution in [3.63, 3.8) is 0 Å². The Hall–Kier alpha value is -3.74. The lowest BCUT2D eigenvalue weighted by Gasteiger charge is -2.38. The molecule has 7 heteroatoms. The number of carboxylic acids is 1. The zero-order chi connectivity index (χ0) is 33.0. The van der Waals surface area contributed by atoms with Gasteiger partial charge in [0.15, 0.2) is 0 Å². The van der Waals surface area contributed by atoms with Gasteiger partial charge in [-0.1, -0.05) is 44.6 Å². The van der Waals surface area contributed by atoms with Crippen molar-refractivity contribution in [2.75, 3.05) is 38.3 Å². The molecular formula is C39H52N2O5. The number of aliphatic carboxylic acids is 1. The van der Waals surface area contributed by atoms with Gasteiger partial charge in [-0.15, -0.1) is 0 Å². The molecule has 1 aliphatic carbocycles. The maximum atomic E-state index is 14.4. The molecule has 0 spiro atoms.